The third-order valence-corrected chi connectivity index (χ3v) is 4.26. The van der Waals surface area contributed by atoms with Crippen LogP contribution in [-0.2, 0) is 6.42 Å². The van der Waals surface area contributed by atoms with E-state index in [9.17, 15) is 0 Å². The van der Waals surface area contributed by atoms with Gasteiger partial charge in [0.15, 0.2) is 5.82 Å². The number of unbranched alkanes of at least 4 members (excludes halogenated alkanes) is 4. The Hall–Kier alpha value is -0.940. The Bertz CT molecular complexity index is 387. The predicted octanol–water partition coefficient (Wildman–Crippen LogP) is 2.94. The topological polar surface area (TPSA) is 54.2 Å². The van der Waals surface area contributed by atoms with Crippen LogP contribution >= 0.6 is 0 Å². The van der Waals surface area contributed by atoms with Crippen molar-refractivity contribution in [2.24, 2.45) is 0 Å². The molecule has 2 heterocycles. The molecule has 5 nitrogen and oxygen atoms in total. The van der Waals surface area contributed by atoms with Crippen molar-refractivity contribution in [2.45, 2.75) is 64.8 Å². The minimum atomic E-state index is 0.310. The average molecular weight is 294 g/mol. The van der Waals surface area contributed by atoms with Crippen molar-refractivity contribution in [2.75, 3.05) is 26.2 Å². The Balaban J connectivity index is 1.82. The van der Waals surface area contributed by atoms with Gasteiger partial charge in [-0.15, -0.1) is 0 Å². The van der Waals surface area contributed by atoms with Gasteiger partial charge in [-0.3, -0.25) is 4.90 Å². The third kappa shape index (κ3) is 5.08. The number of nitrogens with zero attached hydrogens (tertiary/aromatic N) is 3. The molecule has 1 unspecified atom stereocenters. The molecule has 1 aliphatic rings. The first kappa shape index (κ1) is 16.4. The highest BCUT2D eigenvalue weighted by molar-refractivity contribution is 4.96. The van der Waals surface area contributed by atoms with Crippen molar-refractivity contribution in [1.82, 2.24) is 20.4 Å². The Morgan fingerprint density at radius 1 is 1.14 bits per heavy atom. The second-order valence-electron chi connectivity index (χ2n) is 5.92. The van der Waals surface area contributed by atoms with Crippen LogP contribution in [0.25, 0.3) is 0 Å². The summed E-state index contributed by atoms with van der Waals surface area (Å²) in [4.78, 5) is 7.10. The first-order valence-electron chi connectivity index (χ1n) is 8.62. The molecule has 1 aromatic rings. The summed E-state index contributed by atoms with van der Waals surface area (Å²) in [5.74, 6) is 1.69. The van der Waals surface area contributed by atoms with Crippen molar-refractivity contribution in [1.29, 1.82) is 0 Å². The Morgan fingerprint density at radius 2 is 1.90 bits per heavy atom. The van der Waals surface area contributed by atoms with E-state index in [0.29, 0.717) is 6.04 Å². The van der Waals surface area contributed by atoms with Gasteiger partial charge in [-0.05, 0) is 12.8 Å². The van der Waals surface area contributed by atoms with Gasteiger partial charge in [0.05, 0.1) is 6.04 Å². The molecule has 1 fully saturated rings. The lowest BCUT2D eigenvalue weighted by Crippen LogP contribution is -2.45. The molecule has 21 heavy (non-hydrogen) atoms. The minimum Gasteiger partial charge on any atom is -0.339 e. The minimum absolute atomic E-state index is 0.310. The van der Waals surface area contributed by atoms with Crippen LogP contribution in [0.15, 0.2) is 4.52 Å². The van der Waals surface area contributed by atoms with E-state index >= 15 is 0 Å². The lowest BCUT2D eigenvalue weighted by molar-refractivity contribution is 0.160. The molecule has 0 bridgehead atoms. The van der Waals surface area contributed by atoms with Crippen LogP contribution in [0.2, 0.25) is 0 Å². The largest absolute Gasteiger partial charge is 0.339 e. The summed E-state index contributed by atoms with van der Waals surface area (Å²) >= 11 is 0. The molecule has 1 aliphatic heterocycles. The highest BCUT2D eigenvalue weighted by Crippen LogP contribution is 2.22. The molecule has 0 aliphatic carbocycles. The number of rotatable bonds is 9. The van der Waals surface area contributed by atoms with Crippen molar-refractivity contribution < 1.29 is 4.52 Å². The molecule has 2 rings (SSSR count). The highest BCUT2D eigenvalue weighted by atomic mass is 16.5. The molecule has 0 saturated carbocycles. The Kier molecular flexibility index (Phi) is 7.16. The maximum atomic E-state index is 5.44. The summed E-state index contributed by atoms with van der Waals surface area (Å²) in [6.45, 7) is 8.69. The number of piperazine rings is 1. The second-order valence-corrected chi connectivity index (χ2v) is 5.92. The summed E-state index contributed by atoms with van der Waals surface area (Å²) in [5, 5.41) is 7.62. The lowest BCUT2D eigenvalue weighted by Gasteiger charge is -2.32. The SMILES string of the molecule is CCCCCCCc1nc(C(CC)N2CCNCC2)no1. The van der Waals surface area contributed by atoms with Crippen molar-refractivity contribution >= 4 is 0 Å². The molecule has 0 radical (unpaired) electrons. The van der Waals surface area contributed by atoms with E-state index in [2.05, 4.69) is 34.2 Å². The highest BCUT2D eigenvalue weighted by Gasteiger charge is 2.24. The van der Waals surface area contributed by atoms with Crippen molar-refractivity contribution in [3.8, 4) is 0 Å². The van der Waals surface area contributed by atoms with Crippen molar-refractivity contribution in [3.63, 3.8) is 0 Å². The van der Waals surface area contributed by atoms with Gasteiger partial charge in [-0.2, -0.15) is 4.98 Å². The monoisotopic (exact) mass is 294 g/mol. The summed E-state index contributed by atoms with van der Waals surface area (Å²) < 4.78 is 5.44. The van der Waals surface area contributed by atoms with Crippen LogP contribution in [0.4, 0.5) is 0 Å². The van der Waals surface area contributed by atoms with E-state index in [-0.39, 0.29) is 0 Å². The second kappa shape index (κ2) is 9.15. The molecule has 1 aromatic heterocycles. The molecule has 0 aromatic carbocycles. The van der Waals surface area contributed by atoms with E-state index < -0.39 is 0 Å². The molecule has 5 heteroatoms. The zero-order valence-electron chi connectivity index (χ0n) is 13.6. The first-order chi connectivity index (χ1) is 10.3. The van der Waals surface area contributed by atoms with Crippen LogP contribution < -0.4 is 5.32 Å². The maximum Gasteiger partial charge on any atom is 0.226 e. The van der Waals surface area contributed by atoms with Gasteiger partial charge in [0, 0.05) is 32.6 Å². The molecule has 120 valence electrons. The van der Waals surface area contributed by atoms with Gasteiger partial charge in [0.2, 0.25) is 5.89 Å². The molecular formula is C16H30N4O. The van der Waals surface area contributed by atoms with Gasteiger partial charge < -0.3 is 9.84 Å². The summed E-state index contributed by atoms with van der Waals surface area (Å²) in [6, 6.07) is 0.310. The number of hydrogen-bond donors (Lipinski definition) is 1. The van der Waals surface area contributed by atoms with Crippen LogP contribution in [-0.4, -0.2) is 41.2 Å². The van der Waals surface area contributed by atoms with E-state index in [1.807, 2.05) is 0 Å². The Morgan fingerprint density at radius 3 is 2.62 bits per heavy atom. The van der Waals surface area contributed by atoms with E-state index in [1.54, 1.807) is 0 Å². The van der Waals surface area contributed by atoms with Gasteiger partial charge >= 0.3 is 0 Å². The van der Waals surface area contributed by atoms with Crippen LogP contribution in [0.5, 0.6) is 0 Å². The maximum absolute atomic E-state index is 5.44. The smallest absolute Gasteiger partial charge is 0.226 e. The molecule has 0 spiro atoms. The molecule has 1 saturated heterocycles. The summed E-state index contributed by atoms with van der Waals surface area (Å²) in [7, 11) is 0. The molecule has 1 N–H and O–H groups in total. The van der Waals surface area contributed by atoms with Gasteiger partial charge in [0.25, 0.3) is 0 Å². The van der Waals surface area contributed by atoms with Crippen LogP contribution in [0.3, 0.4) is 0 Å². The third-order valence-electron chi connectivity index (χ3n) is 4.26. The number of hydrogen-bond acceptors (Lipinski definition) is 5. The van der Waals surface area contributed by atoms with Gasteiger partial charge in [-0.25, -0.2) is 0 Å². The van der Waals surface area contributed by atoms with E-state index in [4.69, 9.17) is 4.52 Å². The fourth-order valence-electron chi connectivity index (χ4n) is 2.98. The molecule has 1 atom stereocenters. The van der Waals surface area contributed by atoms with Crippen LogP contribution in [0, 0.1) is 0 Å². The zero-order valence-corrected chi connectivity index (χ0v) is 13.6. The first-order valence-corrected chi connectivity index (χ1v) is 8.62. The number of aryl methyl sites for hydroxylation is 1. The Labute approximate surface area is 128 Å². The van der Waals surface area contributed by atoms with Gasteiger partial charge in [-0.1, -0.05) is 44.7 Å². The summed E-state index contributed by atoms with van der Waals surface area (Å²) in [5.41, 5.74) is 0. The fraction of sp³-hybridized carbons (Fsp3) is 0.875. The number of nitrogens with one attached hydrogen (secondary N) is 1. The molecular weight excluding hydrogens is 264 g/mol. The standard InChI is InChI=1S/C16H30N4O/c1-3-5-6-7-8-9-15-18-16(19-21-15)14(4-2)20-12-10-17-11-13-20/h14,17H,3-13H2,1-2H3. The lowest BCUT2D eigenvalue weighted by atomic mass is 10.1. The van der Waals surface area contributed by atoms with Crippen molar-refractivity contribution in [3.05, 3.63) is 11.7 Å². The summed E-state index contributed by atoms with van der Waals surface area (Å²) in [6.07, 6.45) is 8.32. The molecule has 0 amide bonds. The zero-order chi connectivity index (χ0) is 14.9. The van der Waals surface area contributed by atoms with E-state index in [0.717, 1.165) is 57.2 Å². The van der Waals surface area contributed by atoms with E-state index in [1.165, 1.54) is 25.7 Å². The average Bonchev–Trinajstić information content (AvgIpc) is 2.98. The quantitative estimate of drug-likeness (QED) is 0.710. The van der Waals surface area contributed by atoms with Crippen LogP contribution in [0.1, 0.15) is 70.1 Å². The fourth-order valence-corrected chi connectivity index (χ4v) is 2.98. The number of aromatic nitrogens is 2. The van der Waals surface area contributed by atoms with Gasteiger partial charge in [0.1, 0.15) is 0 Å². The normalized spacial score (nSPS) is 18.0. The predicted molar refractivity (Wildman–Crippen MR) is 84.2 cm³/mol.